The van der Waals surface area contributed by atoms with Crippen molar-refractivity contribution in [3.05, 3.63) is 30.1 Å². The number of morpholine rings is 1. The molecule has 2 heterocycles. The summed E-state index contributed by atoms with van der Waals surface area (Å²) in [6.07, 6.45) is 0. The summed E-state index contributed by atoms with van der Waals surface area (Å²) in [5.41, 5.74) is 2.25. The van der Waals surface area contributed by atoms with E-state index in [4.69, 9.17) is 14.5 Å². The molecule has 6 heteroatoms. The van der Waals surface area contributed by atoms with Crippen molar-refractivity contribution in [3.63, 3.8) is 0 Å². The molecule has 21 heavy (non-hydrogen) atoms. The van der Waals surface area contributed by atoms with Gasteiger partial charge in [0, 0.05) is 26.7 Å². The van der Waals surface area contributed by atoms with Crippen molar-refractivity contribution in [1.82, 2.24) is 14.5 Å². The van der Waals surface area contributed by atoms with Gasteiger partial charge in [0.05, 0.1) is 37.4 Å². The van der Waals surface area contributed by atoms with Crippen LogP contribution >= 0.6 is 12.4 Å². The fourth-order valence-corrected chi connectivity index (χ4v) is 2.64. The maximum Gasteiger partial charge on any atom is 0.124 e. The smallest absolute Gasteiger partial charge is 0.124 e. The van der Waals surface area contributed by atoms with Gasteiger partial charge in [-0.3, -0.25) is 4.90 Å². The summed E-state index contributed by atoms with van der Waals surface area (Å²) in [5.74, 6) is 1.12. The summed E-state index contributed by atoms with van der Waals surface area (Å²) < 4.78 is 12.9. The van der Waals surface area contributed by atoms with Gasteiger partial charge in [-0.2, -0.15) is 0 Å². The Bertz CT molecular complexity index is 567. The summed E-state index contributed by atoms with van der Waals surface area (Å²) in [6, 6.07) is 8.29. The average molecular weight is 312 g/mol. The van der Waals surface area contributed by atoms with E-state index in [0.717, 1.165) is 50.7 Å². The van der Waals surface area contributed by atoms with E-state index in [0.29, 0.717) is 6.61 Å². The van der Waals surface area contributed by atoms with Gasteiger partial charge in [-0.1, -0.05) is 12.1 Å². The zero-order valence-corrected chi connectivity index (χ0v) is 13.1. The molecule has 5 nitrogen and oxygen atoms in total. The molecule has 3 rings (SSSR count). The minimum atomic E-state index is 0. The second-order valence-electron chi connectivity index (χ2n) is 5.05. The normalized spacial score (nSPS) is 16.0. The summed E-state index contributed by atoms with van der Waals surface area (Å²) in [5, 5.41) is 0. The van der Waals surface area contributed by atoms with Crippen LogP contribution in [0.1, 0.15) is 5.82 Å². The van der Waals surface area contributed by atoms with Crippen LogP contribution in [0.25, 0.3) is 11.0 Å². The van der Waals surface area contributed by atoms with Crippen molar-refractivity contribution in [3.8, 4) is 0 Å². The number of halogens is 1. The number of aromatic nitrogens is 2. The summed E-state index contributed by atoms with van der Waals surface area (Å²) in [7, 11) is 1.74. The minimum Gasteiger partial charge on any atom is -0.383 e. The van der Waals surface area contributed by atoms with Crippen LogP contribution < -0.4 is 0 Å². The fraction of sp³-hybridized carbons (Fsp3) is 0.533. The Morgan fingerprint density at radius 3 is 2.76 bits per heavy atom. The van der Waals surface area contributed by atoms with Crippen LogP contribution in [0.3, 0.4) is 0 Å². The first-order valence-corrected chi connectivity index (χ1v) is 7.11. The molecule has 2 aromatic rings. The van der Waals surface area contributed by atoms with Crippen LogP contribution in [0.15, 0.2) is 24.3 Å². The van der Waals surface area contributed by atoms with Crippen molar-refractivity contribution in [1.29, 1.82) is 0 Å². The number of hydrogen-bond acceptors (Lipinski definition) is 4. The van der Waals surface area contributed by atoms with Crippen molar-refractivity contribution in [2.75, 3.05) is 40.0 Å². The Kier molecular flexibility index (Phi) is 5.99. The Balaban J connectivity index is 0.00000161. The maximum atomic E-state index is 5.40. The molecule has 0 unspecified atom stereocenters. The van der Waals surface area contributed by atoms with E-state index in [1.54, 1.807) is 7.11 Å². The van der Waals surface area contributed by atoms with E-state index < -0.39 is 0 Å². The number of hydrogen-bond donors (Lipinski definition) is 0. The van der Waals surface area contributed by atoms with Crippen LogP contribution in [0.4, 0.5) is 0 Å². The first-order valence-electron chi connectivity index (χ1n) is 7.11. The van der Waals surface area contributed by atoms with Gasteiger partial charge in [-0.05, 0) is 12.1 Å². The van der Waals surface area contributed by atoms with Crippen molar-refractivity contribution < 1.29 is 9.47 Å². The molecule has 0 amide bonds. The van der Waals surface area contributed by atoms with E-state index in [1.165, 1.54) is 5.52 Å². The van der Waals surface area contributed by atoms with Gasteiger partial charge in [-0.25, -0.2) is 4.98 Å². The second-order valence-corrected chi connectivity index (χ2v) is 5.05. The molecule has 0 spiro atoms. The first kappa shape index (κ1) is 16.2. The molecule has 0 atom stereocenters. The standard InChI is InChI=1S/C15H21N3O2.ClH/c1-19-9-8-18-14-5-3-2-4-13(14)16-15(18)12-17-6-10-20-11-7-17;/h2-5H,6-12H2,1H3;1H. The summed E-state index contributed by atoms with van der Waals surface area (Å²) >= 11 is 0. The van der Waals surface area contributed by atoms with Gasteiger partial charge >= 0.3 is 0 Å². The predicted octanol–water partition coefficient (Wildman–Crippen LogP) is 1.94. The third-order valence-corrected chi connectivity index (χ3v) is 3.72. The molecule has 1 aliphatic heterocycles. The van der Waals surface area contributed by atoms with Crippen LogP contribution in [-0.2, 0) is 22.6 Å². The molecule has 0 saturated carbocycles. The fourth-order valence-electron chi connectivity index (χ4n) is 2.64. The highest BCUT2D eigenvalue weighted by Crippen LogP contribution is 2.17. The SMILES string of the molecule is COCCn1c(CN2CCOCC2)nc2ccccc21.Cl. The third kappa shape index (κ3) is 3.74. The molecule has 1 saturated heterocycles. The molecule has 0 aliphatic carbocycles. The summed E-state index contributed by atoms with van der Waals surface area (Å²) in [4.78, 5) is 7.18. The lowest BCUT2D eigenvalue weighted by Crippen LogP contribution is -2.36. The molecule has 0 bridgehead atoms. The molecule has 1 aromatic carbocycles. The monoisotopic (exact) mass is 311 g/mol. The highest BCUT2D eigenvalue weighted by atomic mass is 35.5. The van der Waals surface area contributed by atoms with Gasteiger partial charge in [0.2, 0.25) is 0 Å². The zero-order chi connectivity index (χ0) is 13.8. The van der Waals surface area contributed by atoms with Gasteiger partial charge in [0.1, 0.15) is 5.82 Å². The van der Waals surface area contributed by atoms with Gasteiger partial charge in [-0.15, -0.1) is 12.4 Å². The lowest BCUT2D eigenvalue weighted by molar-refractivity contribution is 0.0325. The second kappa shape index (κ2) is 7.75. The van der Waals surface area contributed by atoms with Gasteiger partial charge in [0.15, 0.2) is 0 Å². The van der Waals surface area contributed by atoms with E-state index in [1.807, 2.05) is 6.07 Å². The topological polar surface area (TPSA) is 39.5 Å². The Morgan fingerprint density at radius 2 is 2.00 bits per heavy atom. The molecule has 0 N–H and O–H groups in total. The van der Waals surface area contributed by atoms with Crippen LogP contribution in [-0.4, -0.2) is 54.5 Å². The molecule has 1 fully saturated rings. The number of fused-ring (bicyclic) bond motifs is 1. The van der Waals surface area contributed by atoms with Crippen LogP contribution in [0.2, 0.25) is 0 Å². The molecule has 0 radical (unpaired) electrons. The molecule has 1 aliphatic rings. The lowest BCUT2D eigenvalue weighted by Gasteiger charge is -2.26. The predicted molar refractivity (Wildman–Crippen MR) is 85.0 cm³/mol. The third-order valence-electron chi connectivity index (χ3n) is 3.72. The molecular weight excluding hydrogens is 290 g/mol. The molecular formula is C15H22ClN3O2. The quantitative estimate of drug-likeness (QED) is 0.846. The zero-order valence-electron chi connectivity index (χ0n) is 12.3. The lowest BCUT2D eigenvalue weighted by atomic mass is 10.3. The van der Waals surface area contributed by atoms with Crippen LogP contribution in [0, 0.1) is 0 Å². The van der Waals surface area contributed by atoms with Crippen molar-refractivity contribution >= 4 is 23.4 Å². The minimum absolute atomic E-state index is 0. The largest absolute Gasteiger partial charge is 0.383 e. The highest BCUT2D eigenvalue weighted by Gasteiger charge is 2.16. The number of nitrogens with zero attached hydrogens (tertiary/aromatic N) is 3. The number of imidazole rings is 1. The van der Waals surface area contributed by atoms with E-state index >= 15 is 0 Å². The van der Waals surface area contributed by atoms with Crippen LogP contribution in [0.5, 0.6) is 0 Å². The molecule has 116 valence electrons. The Hall–Kier alpha value is -1.14. The average Bonchev–Trinajstić information content (AvgIpc) is 2.83. The Morgan fingerprint density at radius 1 is 1.24 bits per heavy atom. The van der Waals surface area contributed by atoms with E-state index in [9.17, 15) is 0 Å². The van der Waals surface area contributed by atoms with Gasteiger partial charge in [0.25, 0.3) is 0 Å². The highest BCUT2D eigenvalue weighted by molar-refractivity contribution is 5.85. The van der Waals surface area contributed by atoms with Crippen molar-refractivity contribution in [2.24, 2.45) is 0 Å². The number of para-hydroxylation sites is 2. The van der Waals surface area contributed by atoms with E-state index in [-0.39, 0.29) is 12.4 Å². The Labute approximate surface area is 131 Å². The first-order chi connectivity index (χ1) is 9.88. The van der Waals surface area contributed by atoms with Crippen molar-refractivity contribution in [2.45, 2.75) is 13.1 Å². The number of ether oxygens (including phenoxy) is 2. The summed E-state index contributed by atoms with van der Waals surface area (Å²) in [6.45, 7) is 6.02. The molecule has 1 aromatic heterocycles. The maximum absolute atomic E-state index is 5.40. The number of methoxy groups -OCH3 is 1. The van der Waals surface area contributed by atoms with Gasteiger partial charge < -0.3 is 14.0 Å². The van der Waals surface area contributed by atoms with E-state index in [2.05, 4.69) is 27.7 Å². The number of rotatable bonds is 5. The number of benzene rings is 1.